The second-order valence-electron chi connectivity index (χ2n) is 7.62. The smallest absolute Gasteiger partial charge is 0.173 e. The van der Waals surface area contributed by atoms with E-state index in [-0.39, 0.29) is 0 Å². The maximum atomic E-state index is 5.97. The topological polar surface area (TPSA) is 18.5 Å². The Bertz CT molecular complexity index is 563. The molecule has 2 aliphatic heterocycles. The van der Waals surface area contributed by atoms with Crippen molar-refractivity contribution in [3.8, 4) is 0 Å². The Kier molecular flexibility index (Phi) is 6.97. The number of rotatable bonds is 4. The second kappa shape index (κ2) is 9.20. The monoisotopic (exact) mass is 379 g/mol. The molecule has 5 heteroatoms. The summed E-state index contributed by atoms with van der Waals surface area (Å²) in [5.74, 6) is 0.851. The molecule has 2 heterocycles. The van der Waals surface area contributed by atoms with Crippen molar-refractivity contribution >= 4 is 34.6 Å². The summed E-state index contributed by atoms with van der Waals surface area (Å²) in [4.78, 5) is 5.07. The van der Waals surface area contributed by atoms with Crippen LogP contribution in [0, 0.1) is 5.92 Å². The molecule has 3 nitrogen and oxygen atoms in total. The molecule has 1 aromatic carbocycles. The van der Waals surface area contributed by atoms with E-state index in [1.165, 1.54) is 58.2 Å². The summed E-state index contributed by atoms with van der Waals surface area (Å²) in [6.07, 6.45) is 7.77. The third-order valence-corrected chi connectivity index (χ3v) is 6.09. The Morgan fingerprint density at radius 1 is 1.16 bits per heavy atom. The maximum absolute atomic E-state index is 5.97. The van der Waals surface area contributed by atoms with Crippen LogP contribution in [0.15, 0.2) is 24.3 Å². The number of hydrogen-bond acceptors (Lipinski definition) is 2. The first-order chi connectivity index (χ1) is 12.1. The zero-order valence-electron chi connectivity index (χ0n) is 15.2. The number of nitrogens with one attached hydrogen (secondary N) is 1. The van der Waals surface area contributed by atoms with Gasteiger partial charge in [0.05, 0.1) is 0 Å². The lowest BCUT2D eigenvalue weighted by atomic mass is 9.97. The van der Waals surface area contributed by atoms with Crippen molar-refractivity contribution in [2.24, 2.45) is 5.92 Å². The van der Waals surface area contributed by atoms with Crippen LogP contribution in [0.25, 0.3) is 0 Å². The maximum Gasteiger partial charge on any atom is 0.173 e. The number of nitrogens with zero attached hydrogens (tertiary/aromatic N) is 2. The van der Waals surface area contributed by atoms with Crippen molar-refractivity contribution in [3.05, 3.63) is 29.3 Å². The van der Waals surface area contributed by atoms with Crippen LogP contribution in [-0.4, -0.2) is 47.1 Å². The van der Waals surface area contributed by atoms with Crippen LogP contribution in [0.5, 0.6) is 0 Å². The van der Waals surface area contributed by atoms with Gasteiger partial charge in [0.25, 0.3) is 0 Å². The molecular formula is C20H30ClN3S. The van der Waals surface area contributed by atoms with Crippen LogP contribution in [0.1, 0.15) is 45.4 Å². The van der Waals surface area contributed by atoms with E-state index in [1.807, 2.05) is 24.3 Å². The second-order valence-corrected chi connectivity index (χ2v) is 8.44. The Hall–Kier alpha value is -0.840. The fourth-order valence-corrected chi connectivity index (χ4v) is 4.60. The summed E-state index contributed by atoms with van der Waals surface area (Å²) >= 11 is 11.7. The molecule has 2 saturated heterocycles. The Labute approximate surface area is 162 Å². The normalized spacial score (nSPS) is 25.0. The molecule has 0 aliphatic carbocycles. The number of likely N-dealkylation sites (tertiary alicyclic amines) is 2. The molecule has 1 aromatic rings. The lowest BCUT2D eigenvalue weighted by Gasteiger charge is -2.39. The minimum atomic E-state index is 0.568. The Balaban J connectivity index is 1.54. The molecule has 2 unspecified atom stereocenters. The van der Waals surface area contributed by atoms with Gasteiger partial charge in [0.1, 0.15) is 0 Å². The molecule has 2 fully saturated rings. The van der Waals surface area contributed by atoms with Gasteiger partial charge < -0.3 is 15.1 Å². The third-order valence-electron chi connectivity index (χ3n) is 5.50. The lowest BCUT2D eigenvalue weighted by Crippen LogP contribution is -2.47. The summed E-state index contributed by atoms with van der Waals surface area (Å²) in [6, 6.07) is 8.35. The number of hydrogen-bond donors (Lipinski definition) is 1. The fraction of sp³-hybridized carbons (Fsp3) is 0.650. The predicted octanol–water partition coefficient (Wildman–Crippen LogP) is 5.01. The standard InChI is InChI=1S/C20H30ClN3S/c1-16-5-4-12-23(15-16)14-11-19-6-2-3-13-24(19)20(25)22-18-9-7-17(21)8-10-18/h7-10,16,19H,2-6,11-15H2,1H3,(H,22,25). The molecule has 138 valence electrons. The molecule has 0 saturated carbocycles. The van der Waals surface area contributed by atoms with Gasteiger partial charge in [-0.1, -0.05) is 18.5 Å². The van der Waals surface area contributed by atoms with E-state index in [4.69, 9.17) is 23.8 Å². The van der Waals surface area contributed by atoms with Crippen LogP contribution in [-0.2, 0) is 0 Å². The number of thiocarbonyl (C=S) groups is 1. The minimum absolute atomic E-state index is 0.568. The number of benzene rings is 1. The Morgan fingerprint density at radius 2 is 1.96 bits per heavy atom. The van der Waals surface area contributed by atoms with Crippen molar-refractivity contribution < 1.29 is 0 Å². The largest absolute Gasteiger partial charge is 0.346 e. The van der Waals surface area contributed by atoms with Gasteiger partial charge in [-0.15, -0.1) is 0 Å². The van der Waals surface area contributed by atoms with E-state index >= 15 is 0 Å². The third kappa shape index (κ3) is 5.57. The van der Waals surface area contributed by atoms with Gasteiger partial charge in [-0.3, -0.25) is 0 Å². The van der Waals surface area contributed by atoms with E-state index in [1.54, 1.807) is 0 Å². The van der Waals surface area contributed by atoms with Gasteiger partial charge in [0.15, 0.2) is 5.11 Å². The molecule has 0 amide bonds. The van der Waals surface area contributed by atoms with Gasteiger partial charge in [-0.2, -0.15) is 0 Å². The van der Waals surface area contributed by atoms with Crippen molar-refractivity contribution in [1.29, 1.82) is 0 Å². The summed E-state index contributed by atoms with van der Waals surface area (Å²) in [6.45, 7) is 7.19. The molecule has 0 spiro atoms. The minimum Gasteiger partial charge on any atom is -0.346 e. The lowest BCUT2D eigenvalue weighted by molar-refractivity contribution is 0.153. The highest BCUT2D eigenvalue weighted by Gasteiger charge is 2.26. The number of halogens is 1. The zero-order chi connectivity index (χ0) is 17.6. The van der Waals surface area contributed by atoms with E-state index < -0.39 is 0 Å². The molecule has 2 atom stereocenters. The van der Waals surface area contributed by atoms with Crippen molar-refractivity contribution in [2.75, 3.05) is 31.5 Å². The van der Waals surface area contributed by atoms with Crippen molar-refractivity contribution in [1.82, 2.24) is 9.80 Å². The van der Waals surface area contributed by atoms with Crippen LogP contribution >= 0.6 is 23.8 Å². The predicted molar refractivity (Wildman–Crippen MR) is 111 cm³/mol. The first-order valence-electron chi connectivity index (χ1n) is 9.67. The molecule has 0 aromatic heterocycles. The Morgan fingerprint density at radius 3 is 2.72 bits per heavy atom. The molecule has 2 aliphatic rings. The molecule has 3 rings (SSSR count). The average Bonchev–Trinajstić information content (AvgIpc) is 2.62. The first-order valence-corrected chi connectivity index (χ1v) is 10.5. The van der Waals surface area contributed by atoms with Crippen LogP contribution in [0.3, 0.4) is 0 Å². The molecular weight excluding hydrogens is 350 g/mol. The fourth-order valence-electron chi connectivity index (χ4n) is 4.12. The number of piperidine rings is 2. The SMILES string of the molecule is CC1CCCN(CCC2CCCCN2C(=S)Nc2ccc(Cl)cc2)C1. The van der Waals surface area contributed by atoms with Crippen LogP contribution in [0.2, 0.25) is 5.02 Å². The van der Waals surface area contributed by atoms with Gasteiger partial charge >= 0.3 is 0 Å². The van der Waals surface area contributed by atoms with Crippen molar-refractivity contribution in [3.63, 3.8) is 0 Å². The van der Waals surface area contributed by atoms with Gasteiger partial charge in [-0.25, -0.2) is 0 Å². The first kappa shape index (κ1) is 18.9. The summed E-state index contributed by atoms with van der Waals surface area (Å²) in [7, 11) is 0. The van der Waals surface area contributed by atoms with Gasteiger partial charge in [0.2, 0.25) is 0 Å². The highest BCUT2D eigenvalue weighted by molar-refractivity contribution is 7.80. The number of anilines is 1. The summed E-state index contributed by atoms with van der Waals surface area (Å²) < 4.78 is 0. The molecule has 25 heavy (non-hydrogen) atoms. The van der Waals surface area contributed by atoms with E-state index in [2.05, 4.69) is 22.0 Å². The average molecular weight is 380 g/mol. The highest BCUT2D eigenvalue weighted by atomic mass is 35.5. The highest BCUT2D eigenvalue weighted by Crippen LogP contribution is 2.23. The van der Waals surface area contributed by atoms with E-state index in [9.17, 15) is 0 Å². The van der Waals surface area contributed by atoms with Crippen molar-refractivity contribution in [2.45, 2.75) is 51.5 Å². The van der Waals surface area contributed by atoms with E-state index in [0.29, 0.717) is 6.04 Å². The molecule has 0 radical (unpaired) electrons. The van der Waals surface area contributed by atoms with Gasteiger partial charge in [-0.05, 0) is 87.5 Å². The van der Waals surface area contributed by atoms with Gasteiger partial charge in [0, 0.05) is 36.4 Å². The summed E-state index contributed by atoms with van der Waals surface area (Å²) in [5, 5.41) is 5.01. The van der Waals surface area contributed by atoms with Crippen LogP contribution < -0.4 is 5.32 Å². The quantitative estimate of drug-likeness (QED) is 0.740. The van der Waals surface area contributed by atoms with Crippen LogP contribution in [0.4, 0.5) is 5.69 Å². The van der Waals surface area contributed by atoms with E-state index in [0.717, 1.165) is 28.3 Å². The molecule has 1 N–H and O–H groups in total. The molecule has 0 bridgehead atoms. The summed E-state index contributed by atoms with van der Waals surface area (Å²) in [5.41, 5.74) is 1.02. The zero-order valence-corrected chi connectivity index (χ0v) is 16.8.